The zero-order valence-corrected chi connectivity index (χ0v) is 14.9. The molecule has 1 fully saturated rings. The fraction of sp³-hybridized carbons (Fsp3) is 0.550. The normalized spacial score (nSPS) is 23.9. The molecule has 2 aromatic rings. The minimum Gasteiger partial charge on any atom is -0.345 e. The molecule has 0 aliphatic carbocycles. The van der Waals surface area contributed by atoms with Crippen molar-refractivity contribution in [3.8, 4) is 0 Å². The van der Waals surface area contributed by atoms with E-state index in [9.17, 15) is 0 Å². The van der Waals surface area contributed by atoms with E-state index in [1.807, 2.05) is 17.1 Å². The molecule has 0 radical (unpaired) electrons. The van der Waals surface area contributed by atoms with Crippen molar-refractivity contribution in [3.05, 3.63) is 54.1 Å². The molecule has 0 amide bonds. The van der Waals surface area contributed by atoms with Gasteiger partial charge in [0.05, 0.1) is 25.6 Å². The molecule has 1 saturated heterocycles. The van der Waals surface area contributed by atoms with Crippen LogP contribution in [0.15, 0.2) is 43.0 Å². The first-order chi connectivity index (χ1) is 11.5. The SMILES string of the molecule is Cc1ccc(CCC2(Cn3ccnc3)OCC(CC(C)C)O2)cc1. The lowest BCUT2D eigenvalue weighted by Gasteiger charge is -2.29. The van der Waals surface area contributed by atoms with Crippen LogP contribution in [0.25, 0.3) is 0 Å². The van der Waals surface area contributed by atoms with Crippen molar-refractivity contribution in [1.29, 1.82) is 0 Å². The lowest BCUT2D eigenvalue weighted by molar-refractivity contribution is -0.183. The van der Waals surface area contributed by atoms with Gasteiger partial charge in [-0.3, -0.25) is 0 Å². The molecule has 0 bridgehead atoms. The number of aromatic nitrogens is 2. The minimum atomic E-state index is -0.550. The monoisotopic (exact) mass is 328 g/mol. The quantitative estimate of drug-likeness (QED) is 0.771. The second-order valence-corrected chi connectivity index (χ2v) is 7.31. The molecule has 1 aliphatic rings. The predicted molar refractivity (Wildman–Crippen MR) is 94.7 cm³/mol. The van der Waals surface area contributed by atoms with E-state index in [0.717, 1.165) is 19.3 Å². The first kappa shape index (κ1) is 17.2. The van der Waals surface area contributed by atoms with Crippen LogP contribution >= 0.6 is 0 Å². The summed E-state index contributed by atoms with van der Waals surface area (Å²) in [6.45, 7) is 7.94. The Hall–Kier alpha value is -1.65. The van der Waals surface area contributed by atoms with Gasteiger partial charge >= 0.3 is 0 Å². The number of aryl methyl sites for hydroxylation is 2. The van der Waals surface area contributed by atoms with Crippen molar-refractivity contribution in [2.45, 2.75) is 58.5 Å². The highest BCUT2D eigenvalue weighted by molar-refractivity contribution is 5.21. The Morgan fingerprint density at radius 3 is 2.75 bits per heavy atom. The number of benzene rings is 1. The summed E-state index contributed by atoms with van der Waals surface area (Å²) in [6.07, 6.45) is 8.62. The largest absolute Gasteiger partial charge is 0.345 e. The second-order valence-electron chi connectivity index (χ2n) is 7.31. The predicted octanol–water partition coefficient (Wildman–Crippen LogP) is 3.98. The molecule has 4 nitrogen and oxygen atoms in total. The van der Waals surface area contributed by atoms with Crippen molar-refractivity contribution >= 4 is 0 Å². The third kappa shape index (κ3) is 4.46. The average Bonchev–Trinajstić information content (AvgIpc) is 3.17. The first-order valence-electron chi connectivity index (χ1n) is 8.88. The molecule has 1 aliphatic heterocycles. The molecule has 2 unspecified atom stereocenters. The van der Waals surface area contributed by atoms with Gasteiger partial charge < -0.3 is 14.0 Å². The standard InChI is InChI=1S/C20H28N2O2/c1-16(2)12-19-13-23-20(24-19,14-22-11-10-21-15-22)9-8-18-6-4-17(3)5-7-18/h4-7,10-11,15-16,19H,8-9,12-14H2,1-3H3. The Morgan fingerprint density at radius 1 is 1.29 bits per heavy atom. The van der Waals surface area contributed by atoms with Gasteiger partial charge in [0.2, 0.25) is 0 Å². The summed E-state index contributed by atoms with van der Waals surface area (Å²) in [4.78, 5) is 4.14. The Bertz CT molecular complexity index is 622. The van der Waals surface area contributed by atoms with Gasteiger partial charge in [-0.25, -0.2) is 4.98 Å². The summed E-state index contributed by atoms with van der Waals surface area (Å²) in [7, 11) is 0. The van der Waals surface area contributed by atoms with E-state index in [-0.39, 0.29) is 6.10 Å². The smallest absolute Gasteiger partial charge is 0.187 e. The van der Waals surface area contributed by atoms with Crippen LogP contribution in [0.5, 0.6) is 0 Å². The second kappa shape index (κ2) is 7.49. The van der Waals surface area contributed by atoms with Gasteiger partial charge in [0.25, 0.3) is 0 Å². The molecule has 2 atom stereocenters. The summed E-state index contributed by atoms with van der Waals surface area (Å²) in [6, 6.07) is 8.72. The van der Waals surface area contributed by atoms with Gasteiger partial charge in [0.15, 0.2) is 5.79 Å². The third-order valence-electron chi connectivity index (χ3n) is 4.55. The Balaban J connectivity index is 1.69. The molecule has 0 saturated carbocycles. The molecule has 0 N–H and O–H groups in total. The number of rotatable bonds is 7. The van der Waals surface area contributed by atoms with Crippen molar-refractivity contribution in [2.75, 3.05) is 6.61 Å². The molecule has 3 rings (SSSR count). The van der Waals surface area contributed by atoms with Gasteiger partial charge in [-0.2, -0.15) is 0 Å². The van der Waals surface area contributed by atoms with Crippen LogP contribution < -0.4 is 0 Å². The maximum atomic E-state index is 6.41. The van der Waals surface area contributed by atoms with E-state index < -0.39 is 5.79 Å². The summed E-state index contributed by atoms with van der Waals surface area (Å²) in [5, 5.41) is 0. The van der Waals surface area contributed by atoms with E-state index in [0.29, 0.717) is 19.1 Å². The highest BCUT2D eigenvalue weighted by atomic mass is 16.7. The maximum Gasteiger partial charge on any atom is 0.187 e. The lowest BCUT2D eigenvalue weighted by atomic mass is 10.0. The Kier molecular flexibility index (Phi) is 5.36. The van der Waals surface area contributed by atoms with Crippen molar-refractivity contribution in [2.24, 2.45) is 5.92 Å². The number of imidazole rings is 1. The molecule has 0 spiro atoms. The minimum absolute atomic E-state index is 0.187. The molecule has 2 heterocycles. The van der Waals surface area contributed by atoms with Crippen LogP contribution in [0.3, 0.4) is 0 Å². The van der Waals surface area contributed by atoms with Gasteiger partial charge in [-0.1, -0.05) is 43.7 Å². The van der Waals surface area contributed by atoms with E-state index in [4.69, 9.17) is 9.47 Å². The summed E-state index contributed by atoms with van der Waals surface area (Å²) in [5.74, 6) is 0.0604. The molecule has 1 aromatic heterocycles. The average molecular weight is 328 g/mol. The van der Waals surface area contributed by atoms with Crippen LogP contribution in [0.4, 0.5) is 0 Å². The molecular weight excluding hydrogens is 300 g/mol. The Labute approximate surface area is 144 Å². The highest BCUT2D eigenvalue weighted by Crippen LogP contribution is 2.33. The van der Waals surface area contributed by atoms with Crippen LogP contribution in [-0.4, -0.2) is 28.0 Å². The number of ether oxygens (including phenoxy) is 2. The highest BCUT2D eigenvalue weighted by Gasteiger charge is 2.41. The summed E-state index contributed by atoms with van der Waals surface area (Å²) >= 11 is 0. The molecule has 24 heavy (non-hydrogen) atoms. The maximum absolute atomic E-state index is 6.41. The number of nitrogens with zero attached hydrogens (tertiary/aromatic N) is 2. The van der Waals surface area contributed by atoms with Crippen LogP contribution in [0.1, 0.15) is 37.8 Å². The van der Waals surface area contributed by atoms with Gasteiger partial charge in [0.1, 0.15) is 0 Å². The molecule has 130 valence electrons. The number of hydrogen-bond acceptors (Lipinski definition) is 3. The van der Waals surface area contributed by atoms with E-state index in [2.05, 4.69) is 50.0 Å². The topological polar surface area (TPSA) is 36.3 Å². The summed E-state index contributed by atoms with van der Waals surface area (Å²) < 4.78 is 14.7. The van der Waals surface area contributed by atoms with Crippen molar-refractivity contribution < 1.29 is 9.47 Å². The van der Waals surface area contributed by atoms with Crippen molar-refractivity contribution in [3.63, 3.8) is 0 Å². The fourth-order valence-electron chi connectivity index (χ4n) is 3.30. The van der Waals surface area contributed by atoms with Crippen molar-refractivity contribution in [1.82, 2.24) is 9.55 Å². The number of hydrogen-bond donors (Lipinski definition) is 0. The molecule has 4 heteroatoms. The molecule has 1 aromatic carbocycles. The zero-order valence-electron chi connectivity index (χ0n) is 14.9. The van der Waals surface area contributed by atoms with Gasteiger partial charge in [-0.15, -0.1) is 0 Å². The van der Waals surface area contributed by atoms with Gasteiger partial charge in [0, 0.05) is 18.8 Å². The van der Waals surface area contributed by atoms with E-state index in [1.54, 1.807) is 6.20 Å². The third-order valence-corrected chi connectivity index (χ3v) is 4.55. The van der Waals surface area contributed by atoms with Crippen LogP contribution in [0.2, 0.25) is 0 Å². The summed E-state index contributed by atoms with van der Waals surface area (Å²) in [5.41, 5.74) is 2.61. The molecular formula is C20H28N2O2. The first-order valence-corrected chi connectivity index (χ1v) is 8.88. The Morgan fingerprint density at radius 2 is 2.08 bits per heavy atom. The van der Waals surface area contributed by atoms with Crippen LogP contribution in [0, 0.1) is 12.8 Å². The zero-order chi connectivity index (χ0) is 17.0. The van der Waals surface area contributed by atoms with E-state index >= 15 is 0 Å². The lowest BCUT2D eigenvalue weighted by Crippen LogP contribution is -2.36. The van der Waals surface area contributed by atoms with Crippen LogP contribution in [-0.2, 0) is 22.4 Å². The van der Waals surface area contributed by atoms with E-state index in [1.165, 1.54) is 11.1 Å². The van der Waals surface area contributed by atoms with Gasteiger partial charge in [-0.05, 0) is 31.2 Å². The fourth-order valence-corrected chi connectivity index (χ4v) is 3.30.